The summed E-state index contributed by atoms with van der Waals surface area (Å²) >= 11 is 1.32. The molecular formula is C12H12N2O4S. The summed E-state index contributed by atoms with van der Waals surface area (Å²) in [6.07, 6.45) is 0.217. The van der Waals surface area contributed by atoms with Crippen LogP contribution in [0.15, 0.2) is 23.1 Å². The van der Waals surface area contributed by atoms with Crippen LogP contribution < -0.4 is 0 Å². The van der Waals surface area contributed by atoms with Gasteiger partial charge in [0.15, 0.2) is 0 Å². The van der Waals surface area contributed by atoms with Crippen LogP contribution in [0, 0.1) is 21.4 Å². The minimum absolute atomic E-state index is 0.0231. The molecule has 1 aromatic rings. The molecule has 0 fully saturated rings. The van der Waals surface area contributed by atoms with Crippen LogP contribution in [0.2, 0.25) is 0 Å². The number of methoxy groups -OCH3 is 1. The van der Waals surface area contributed by atoms with Gasteiger partial charge < -0.3 is 4.74 Å². The van der Waals surface area contributed by atoms with Crippen molar-refractivity contribution in [1.29, 1.82) is 5.26 Å². The van der Waals surface area contributed by atoms with Crippen LogP contribution in [0.25, 0.3) is 0 Å². The fraction of sp³-hybridized carbons (Fsp3) is 0.333. The molecule has 0 aliphatic heterocycles. The van der Waals surface area contributed by atoms with Gasteiger partial charge in [-0.15, -0.1) is 11.8 Å². The molecule has 1 aromatic carbocycles. The highest BCUT2D eigenvalue weighted by Crippen LogP contribution is 2.30. The Morgan fingerprint density at radius 3 is 2.84 bits per heavy atom. The summed E-state index contributed by atoms with van der Waals surface area (Å²) < 4.78 is 4.55. The highest BCUT2D eigenvalue weighted by Gasteiger charge is 2.16. The van der Waals surface area contributed by atoms with E-state index in [9.17, 15) is 14.9 Å². The van der Waals surface area contributed by atoms with Crippen LogP contribution in [0.4, 0.5) is 5.69 Å². The van der Waals surface area contributed by atoms with Gasteiger partial charge in [0.05, 0.1) is 18.5 Å². The summed E-state index contributed by atoms with van der Waals surface area (Å²) in [5, 5.41) is 19.5. The minimum Gasteiger partial charge on any atom is -0.469 e. The topological polar surface area (TPSA) is 93.2 Å². The van der Waals surface area contributed by atoms with E-state index in [1.165, 1.54) is 31.0 Å². The van der Waals surface area contributed by atoms with Crippen LogP contribution >= 0.6 is 11.8 Å². The molecule has 0 radical (unpaired) electrons. The fourth-order valence-electron chi connectivity index (χ4n) is 1.42. The number of nitro benzene ring substituents is 1. The van der Waals surface area contributed by atoms with Gasteiger partial charge in [0.1, 0.15) is 11.6 Å². The summed E-state index contributed by atoms with van der Waals surface area (Å²) in [5.74, 6) is -0.330. The molecule has 1 rings (SSSR count). The Morgan fingerprint density at radius 1 is 1.63 bits per heavy atom. The maximum Gasteiger partial charge on any atom is 0.306 e. The van der Waals surface area contributed by atoms with Gasteiger partial charge in [-0.25, -0.2) is 0 Å². The van der Waals surface area contributed by atoms with Crippen molar-refractivity contribution in [2.45, 2.75) is 23.5 Å². The third-order valence-electron chi connectivity index (χ3n) is 2.31. The van der Waals surface area contributed by atoms with Gasteiger partial charge in [0.2, 0.25) is 0 Å². The maximum absolute atomic E-state index is 11.1. The molecule has 7 heteroatoms. The van der Waals surface area contributed by atoms with Crippen molar-refractivity contribution in [3.63, 3.8) is 0 Å². The average Bonchev–Trinajstić information content (AvgIpc) is 2.38. The Hall–Kier alpha value is -2.07. The van der Waals surface area contributed by atoms with Crippen LogP contribution in [0.1, 0.15) is 18.9 Å². The quantitative estimate of drug-likeness (QED) is 0.356. The molecule has 0 heterocycles. The van der Waals surface area contributed by atoms with E-state index in [4.69, 9.17) is 5.26 Å². The number of esters is 1. The molecule has 0 aliphatic rings. The first kappa shape index (κ1) is 15.0. The van der Waals surface area contributed by atoms with E-state index in [1.54, 1.807) is 12.1 Å². The molecule has 19 heavy (non-hydrogen) atoms. The second kappa shape index (κ2) is 6.75. The average molecular weight is 280 g/mol. The van der Waals surface area contributed by atoms with Gasteiger partial charge >= 0.3 is 5.97 Å². The molecule has 6 nitrogen and oxygen atoms in total. The lowest BCUT2D eigenvalue weighted by Crippen LogP contribution is -2.08. The molecule has 0 saturated heterocycles. The first-order chi connectivity index (χ1) is 8.97. The Bertz CT molecular complexity index is 539. The standard InChI is InChI=1S/C12H12N2O4S/c1-8(5-12(15)18-2)19-10-4-3-9(7-13)11(6-10)14(16)17/h3-4,6,8H,5H2,1-2H3. The van der Waals surface area contributed by atoms with E-state index in [0.717, 1.165) is 0 Å². The Morgan fingerprint density at radius 2 is 2.32 bits per heavy atom. The van der Waals surface area contributed by atoms with Gasteiger partial charge in [-0.2, -0.15) is 5.26 Å². The van der Waals surface area contributed by atoms with Crippen LogP contribution in [-0.4, -0.2) is 23.3 Å². The molecule has 1 unspecified atom stereocenters. The van der Waals surface area contributed by atoms with Gasteiger partial charge in [-0.3, -0.25) is 14.9 Å². The minimum atomic E-state index is -0.590. The van der Waals surface area contributed by atoms with E-state index in [0.29, 0.717) is 4.90 Å². The number of nitriles is 1. The van der Waals surface area contributed by atoms with Gasteiger partial charge in [0, 0.05) is 16.2 Å². The zero-order chi connectivity index (χ0) is 14.4. The van der Waals surface area contributed by atoms with Crippen LogP contribution in [0.5, 0.6) is 0 Å². The number of rotatable bonds is 5. The Kier molecular flexibility index (Phi) is 5.33. The first-order valence-electron chi connectivity index (χ1n) is 5.40. The lowest BCUT2D eigenvalue weighted by Gasteiger charge is -2.09. The van der Waals surface area contributed by atoms with Crippen LogP contribution in [-0.2, 0) is 9.53 Å². The smallest absolute Gasteiger partial charge is 0.306 e. The number of thioether (sulfide) groups is 1. The lowest BCUT2D eigenvalue weighted by molar-refractivity contribution is -0.385. The molecule has 0 aliphatic carbocycles. The van der Waals surface area contributed by atoms with E-state index in [2.05, 4.69) is 4.74 Å². The second-order valence-electron chi connectivity index (χ2n) is 3.76. The van der Waals surface area contributed by atoms with Crippen LogP contribution in [0.3, 0.4) is 0 Å². The fourth-order valence-corrected chi connectivity index (χ4v) is 2.43. The second-order valence-corrected chi connectivity index (χ2v) is 5.27. The molecule has 100 valence electrons. The van der Waals surface area contributed by atoms with E-state index < -0.39 is 4.92 Å². The maximum atomic E-state index is 11.1. The van der Waals surface area contributed by atoms with Crippen molar-refractivity contribution in [3.05, 3.63) is 33.9 Å². The van der Waals surface area contributed by atoms with Crippen molar-refractivity contribution in [3.8, 4) is 6.07 Å². The summed E-state index contributed by atoms with van der Waals surface area (Å²) in [6, 6.07) is 6.16. The summed E-state index contributed by atoms with van der Waals surface area (Å²) in [4.78, 5) is 22.0. The number of nitrogens with zero attached hydrogens (tertiary/aromatic N) is 2. The van der Waals surface area contributed by atoms with Crippen molar-refractivity contribution in [2.75, 3.05) is 7.11 Å². The summed E-state index contributed by atoms with van der Waals surface area (Å²) in [7, 11) is 1.31. The van der Waals surface area contributed by atoms with Gasteiger partial charge in [-0.1, -0.05) is 6.92 Å². The predicted molar refractivity (Wildman–Crippen MR) is 69.8 cm³/mol. The number of benzene rings is 1. The lowest BCUT2D eigenvalue weighted by atomic mass is 10.2. The monoisotopic (exact) mass is 280 g/mol. The van der Waals surface area contributed by atoms with E-state index in [-0.39, 0.29) is 28.9 Å². The number of carbonyl (C=O) groups is 1. The number of nitro groups is 1. The first-order valence-corrected chi connectivity index (χ1v) is 6.28. The van der Waals surface area contributed by atoms with E-state index >= 15 is 0 Å². The van der Waals surface area contributed by atoms with Crippen molar-refractivity contribution >= 4 is 23.4 Å². The molecular weight excluding hydrogens is 268 g/mol. The molecule has 0 N–H and O–H groups in total. The third-order valence-corrected chi connectivity index (χ3v) is 3.40. The van der Waals surface area contributed by atoms with E-state index in [1.807, 2.05) is 6.92 Å². The number of hydrogen-bond donors (Lipinski definition) is 0. The molecule has 0 aromatic heterocycles. The largest absolute Gasteiger partial charge is 0.469 e. The van der Waals surface area contributed by atoms with Crippen molar-refractivity contribution < 1.29 is 14.5 Å². The van der Waals surface area contributed by atoms with Gasteiger partial charge in [-0.05, 0) is 12.1 Å². The number of hydrogen-bond acceptors (Lipinski definition) is 6. The highest BCUT2D eigenvalue weighted by atomic mass is 32.2. The zero-order valence-corrected chi connectivity index (χ0v) is 11.3. The molecule has 0 saturated carbocycles. The third kappa shape index (κ3) is 4.26. The summed E-state index contributed by atoms with van der Waals surface area (Å²) in [5.41, 5.74) is -0.201. The Balaban J connectivity index is 2.86. The molecule has 0 bridgehead atoms. The van der Waals surface area contributed by atoms with Crippen molar-refractivity contribution in [1.82, 2.24) is 0 Å². The SMILES string of the molecule is COC(=O)CC(C)Sc1ccc(C#N)c([N+](=O)[O-])c1. The summed E-state index contributed by atoms with van der Waals surface area (Å²) in [6.45, 7) is 1.83. The zero-order valence-electron chi connectivity index (χ0n) is 10.5. The number of ether oxygens (including phenoxy) is 1. The molecule has 1 atom stereocenters. The molecule has 0 amide bonds. The van der Waals surface area contributed by atoms with Crippen molar-refractivity contribution in [2.24, 2.45) is 0 Å². The predicted octanol–water partition coefficient (Wildman–Crippen LogP) is 2.51. The highest BCUT2D eigenvalue weighted by molar-refractivity contribution is 8.00. The normalized spacial score (nSPS) is 11.4. The molecule has 0 spiro atoms. The van der Waals surface area contributed by atoms with Gasteiger partial charge in [0.25, 0.3) is 5.69 Å². The number of carbonyl (C=O) groups excluding carboxylic acids is 1. The Labute approximate surface area is 114 Å².